The second-order valence-electron chi connectivity index (χ2n) is 5.65. The Labute approximate surface area is 148 Å². The van der Waals surface area contributed by atoms with Gasteiger partial charge in [-0.25, -0.2) is 4.79 Å². The maximum absolute atomic E-state index is 12.4. The Kier molecular flexibility index (Phi) is 4.54. The van der Waals surface area contributed by atoms with Crippen LogP contribution in [-0.4, -0.2) is 26.9 Å². The van der Waals surface area contributed by atoms with Crippen LogP contribution < -0.4 is 0 Å². The molecule has 0 radical (unpaired) electrons. The fourth-order valence-corrected chi connectivity index (χ4v) is 3.29. The predicted octanol–water partition coefficient (Wildman–Crippen LogP) is 3.86. The summed E-state index contributed by atoms with van der Waals surface area (Å²) in [5, 5.41) is 9.82. The van der Waals surface area contributed by atoms with E-state index >= 15 is 0 Å². The van der Waals surface area contributed by atoms with E-state index in [-0.39, 0.29) is 17.4 Å². The molecule has 8 heteroatoms. The number of aromatic amines is 1. The smallest absolute Gasteiger partial charge is 0.355 e. The molecule has 0 aliphatic heterocycles. The molecular formula is C17H17N3O4S. The van der Waals surface area contributed by atoms with Gasteiger partial charge in [0.2, 0.25) is 0 Å². The van der Waals surface area contributed by atoms with Crippen LogP contribution in [0.15, 0.2) is 21.9 Å². The van der Waals surface area contributed by atoms with Gasteiger partial charge in [0.05, 0.1) is 4.88 Å². The third-order valence-corrected chi connectivity index (χ3v) is 4.66. The van der Waals surface area contributed by atoms with Crippen LogP contribution in [0.4, 0.5) is 0 Å². The van der Waals surface area contributed by atoms with E-state index in [2.05, 4.69) is 15.2 Å². The first kappa shape index (κ1) is 17.1. The molecule has 3 aromatic heterocycles. The highest BCUT2D eigenvalue weighted by Crippen LogP contribution is 2.27. The predicted molar refractivity (Wildman–Crippen MR) is 91.7 cm³/mol. The lowest BCUT2D eigenvalue weighted by Crippen LogP contribution is -2.11. The van der Waals surface area contributed by atoms with Crippen LogP contribution in [0.1, 0.15) is 57.9 Å². The summed E-state index contributed by atoms with van der Waals surface area (Å²) in [4.78, 5) is 27.9. The molecule has 0 bridgehead atoms. The zero-order chi connectivity index (χ0) is 18.1. The number of ketones is 1. The third kappa shape index (κ3) is 3.25. The molecule has 3 aromatic rings. The molecule has 0 unspecified atom stereocenters. The maximum Gasteiger partial charge on any atom is 0.355 e. The number of thiophene rings is 1. The van der Waals surface area contributed by atoms with E-state index in [1.165, 1.54) is 18.3 Å². The SMILES string of the molecule is CC(=O)c1c(C)[nH]c(C(=O)O[C@@H](C)c2nnc(-c3cccs3)o2)c1C. The van der Waals surface area contributed by atoms with Crippen LogP contribution in [0.25, 0.3) is 10.8 Å². The summed E-state index contributed by atoms with van der Waals surface area (Å²) in [7, 11) is 0. The highest BCUT2D eigenvalue weighted by molar-refractivity contribution is 7.13. The van der Waals surface area contributed by atoms with Crippen molar-refractivity contribution in [1.29, 1.82) is 0 Å². The highest BCUT2D eigenvalue weighted by atomic mass is 32.1. The molecule has 1 atom stereocenters. The number of nitrogens with zero attached hydrogens (tertiary/aromatic N) is 2. The van der Waals surface area contributed by atoms with Crippen LogP contribution in [0.2, 0.25) is 0 Å². The standard InChI is InChI=1S/C17H17N3O4S/c1-8-13(10(3)21)9(2)18-14(8)17(22)23-11(4)15-19-20-16(24-15)12-6-5-7-25-12/h5-7,11,18H,1-4H3/t11-/m0/s1. The Hall–Kier alpha value is -2.74. The largest absolute Gasteiger partial charge is 0.448 e. The van der Waals surface area contributed by atoms with Gasteiger partial charge in [-0.1, -0.05) is 6.07 Å². The van der Waals surface area contributed by atoms with Crippen molar-refractivity contribution in [2.24, 2.45) is 0 Å². The summed E-state index contributed by atoms with van der Waals surface area (Å²) in [5.41, 5.74) is 1.99. The molecule has 3 rings (SSSR count). The number of H-pyrrole nitrogens is 1. The molecule has 3 heterocycles. The second-order valence-corrected chi connectivity index (χ2v) is 6.60. The molecular weight excluding hydrogens is 342 g/mol. The van der Waals surface area contributed by atoms with Crippen molar-refractivity contribution in [1.82, 2.24) is 15.2 Å². The number of carbonyl (C=O) groups is 2. The minimum Gasteiger partial charge on any atom is -0.448 e. The van der Waals surface area contributed by atoms with Gasteiger partial charge in [-0.05, 0) is 44.7 Å². The fraction of sp³-hybridized carbons (Fsp3) is 0.294. The quantitative estimate of drug-likeness (QED) is 0.548. The number of carbonyl (C=O) groups excluding carboxylic acids is 2. The molecule has 0 amide bonds. The molecule has 130 valence electrons. The maximum atomic E-state index is 12.4. The van der Waals surface area contributed by atoms with Gasteiger partial charge in [-0.15, -0.1) is 21.5 Å². The zero-order valence-electron chi connectivity index (χ0n) is 14.2. The topological polar surface area (TPSA) is 98.1 Å². The van der Waals surface area contributed by atoms with Crippen molar-refractivity contribution in [3.05, 3.63) is 45.9 Å². The lowest BCUT2D eigenvalue weighted by Gasteiger charge is -2.09. The summed E-state index contributed by atoms with van der Waals surface area (Å²) >= 11 is 1.48. The van der Waals surface area contributed by atoms with E-state index in [1.807, 2.05) is 17.5 Å². The molecule has 0 spiro atoms. The first-order chi connectivity index (χ1) is 11.9. The van der Waals surface area contributed by atoms with Crippen LogP contribution in [0.5, 0.6) is 0 Å². The number of esters is 1. The number of hydrogen-bond donors (Lipinski definition) is 1. The van der Waals surface area contributed by atoms with Crippen molar-refractivity contribution in [2.45, 2.75) is 33.8 Å². The first-order valence-electron chi connectivity index (χ1n) is 7.66. The van der Waals surface area contributed by atoms with Crippen molar-refractivity contribution in [3.8, 4) is 10.8 Å². The average Bonchev–Trinajstić information content (AvgIpc) is 3.25. The summed E-state index contributed by atoms with van der Waals surface area (Å²) < 4.78 is 11.0. The number of aromatic nitrogens is 3. The van der Waals surface area contributed by atoms with E-state index in [9.17, 15) is 9.59 Å². The Morgan fingerprint density at radius 3 is 2.68 bits per heavy atom. The molecule has 0 aliphatic rings. The third-order valence-electron chi connectivity index (χ3n) is 3.80. The molecule has 0 aromatic carbocycles. The lowest BCUT2D eigenvalue weighted by atomic mass is 10.1. The second kappa shape index (κ2) is 6.64. The summed E-state index contributed by atoms with van der Waals surface area (Å²) in [5.74, 6) is -0.0737. The monoisotopic (exact) mass is 359 g/mol. The van der Waals surface area contributed by atoms with Gasteiger partial charge in [-0.2, -0.15) is 0 Å². The molecule has 0 aliphatic carbocycles. The number of aryl methyl sites for hydroxylation is 1. The molecule has 0 fully saturated rings. The Morgan fingerprint density at radius 2 is 2.08 bits per heavy atom. The van der Waals surface area contributed by atoms with E-state index in [1.54, 1.807) is 20.8 Å². The van der Waals surface area contributed by atoms with Gasteiger partial charge in [0.15, 0.2) is 11.9 Å². The molecule has 25 heavy (non-hydrogen) atoms. The van der Waals surface area contributed by atoms with Gasteiger partial charge in [-0.3, -0.25) is 4.79 Å². The average molecular weight is 359 g/mol. The molecule has 7 nitrogen and oxygen atoms in total. The van der Waals surface area contributed by atoms with Gasteiger partial charge >= 0.3 is 5.97 Å². The number of Topliss-reactive ketones (excluding diaryl/α,β-unsaturated/α-hetero) is 1. The summed E-state index contributed by atoms with van der Waals surface area (Å²) in [6.45, 7) is 6.57. The normalized spacial score (nSPS) is 12.2. The van der Waals surface area contributed by atoms with E-state index in [0.717, 1.165) is 4.88 Å². The van der Waals surface area contributed by atoms with E-state index in [0.29, 0.717) is 22.7 Å². The number of hydrogen-bond acceptors (Lipinski definition) is 7. The van der Waals surface area contributed by atoms with E-state index in [4.69, 9.17) is 9.15 Å². The van der Waals surface area contributed by atoms with Gasteiger partial charge in [0.25, 0.3) is 11.8 Å². The Bertz CT molecular complexity index is 924. The highest BCUT2D eigenvalue weighted by Gasteiger charge is 2.25. The fourth-order valence-electron chi connectivity index (χ4n) is 2.65. The van der Waals surface area contributed by atoms with Crippen LogP contribution in [-0.2, 0) is 4.74 Å². The van der Waals surface area contributed by atoms with Gasteiger partial charge < -0.3 is 14.1 Å². The molecule has 0 saturated heterocycles. The van der Waals surface area contributed by atoms with Crippen LogP contribution in [0.3, 0.4) is 0 Å². The Balaban J connectivity index is 1.77. The number of ether oxygens (including phenoxy) is 1. The minimum atomic E-state index is -0.711. The molecule has 1 N–H and O–H groups in total. The Morgan fingerprint density at radius 1 is 1.32 bits per heavy atom. The molecule has 0 saturated carbocycles. The van der Waals surface area contributed by atoms with Gasteiger partial charge in [0, 0.05) is 11.3 Å². The van der Waals surface area contributed by atoms with Crippen molar-refractivity contribution >= 4 is 23.1 Å². The van der Waals surface area contributed by atoms with Crippen molar-refractivity contribution < 1.29 is 18.7 Å². The van der Waals surface area contributed by atoms with Crippen molar-refractivity contribution in [2.75, 3.05) is 0 Å². The van der Waals surface area contributed by atoms with Crippen LogP contribution in [0, 0.1) is 13.8 Å². The number of rotatable bonds is 5. The minimum absolute atomic E-state index is 0.101. The summed E-state index contributed by atoms with van der Waals surface area (Å²) in [6.07, 6.45) is -0.711. The van der Waals surface area contributed by atoms with E-state index < -0.39 is 12.1 Å². The summed E-state index contributed by atoms with van der Waals surface area (Å²) in [6, 6.07) is 3.75. The van der Waals surface area contributed by atoms with Crippen LogP contribution >= 0.6 is 11.3 Å². The number of nitrogens with one attached hydrogen (secondary N) is 1. The lowest BCUT2D eigenvalue weighted by molar-refractivity contribution is 0.0272. The zero-order valence-corrected chi connectivity index (χ0v) is 15.1. The first-order valence-corrected chi connectivity index (χ1v) is 8.54. The van der Waals surface area contributed by atoms with Gasteiger partial charge in [0.1, 0.15) is 5.69 Å². The van der Waals surface area contributed by atoms with Crippen molar-refractivity contribution in [3.63, 3.8) is 0 Å².